The topological polar surface area (TPSA) is 95.9 Å². The number of carboxylic acids is 1. The number of methoxy groups -OCH3 is 1. The van der Waals surface area contributed by atoms with E-state index in [9.17, 15) is 19.5 Å². The number of urea groups is 1. The minimum Gasteiger partial charge on any atom is -0.480 e. The molecule has 0 aromatic heterocycles. The van der Waals surface area contributed by atoms with Crippen molar-refractivity contribution < 1.29 is 24.2 Å². The van der Waals surface area contributed by atoms with Gasteiger partial charge in [0, 0.05) is 13.1 Å². The van der Waals surface area contributed by atoms with Gasteiger partial charge < -0.3 is 20.1 Å². The van der Waals surface area contributed by atoms with Crippen LogP contribution in [0.25, 0.3) is 0 Å². The highest BCUT2D eigenvalue weighted by atomic mass is 16.5. The van der Waals surface area contributed by atoms with Crippen molar-refractivity contribution in [1.29, 1.82) is 0 Å². The number of aliphatic carboxylic acids is 1. The zero-order valence-corrected chi connectivity index (χ0v) is 13.2. The van der Waals surface area contributed by atoms with E-state index in [1.165, 1.54) is 12.0 Å². The summed E-state index contributed by atoms with van der Waals surface area (Å²) in [5, 5.41) is 11.8. The Bertz CT molecular complexity index is 430. The summed E-state index contributed by atoms with van der Waals surface area (Å²) in [4.78, 5) is 36.6. The van der Waals surface area contributed by atoms with Crippen molar-refractivity contribution in [3.8, 4) is 0 Å². The molecule has 2 N–H and O–H groups in total. The van der Waals surface area contributed by atoms with Crippen molar-refractivity contribution in [2.24, 2.45) is 17.3 Å². The van der Waals surface area contributed by atoms with E-state index in [-0.39, 0.29) is 24.3 Å². The maximum atomic E-state index is 12.2. The number of hydrogen-bond donors (Lipinski definition) is 2. The summed E-state index contributed by atoms with van der Waals surface area (Å²) >= 11 is 0. The van der Waals surface area contributed by atoms with Crippen molar-refractivity contribution in [3.05, 3.63) is 0 Å². The first-order chi connectivity index (χ1) is 9.57. The summed E-state index contributed by atoms with van der Waals surface area (Å²) in [5.41, 5.74) is -0.603. The number of likely N-dealkylation sites (tertiary alicyclic amines) is 1. The molecule has 1 heterocycles. The highest BCUT2D eigenvalue weighted by Crippen LogP contribution is 2.25. The molecule has 7 nitrogen and oxygen atoms in total. The summed E-state index contributed by atoms with van der Waals surface area (Å²) in [6, 6.07) is -1.45. The molecule has 1 rings (SSSR count). The zero-order valence-electron chi connectivity index (χ0n) is 13.2. The van der Waals surface area contributed by atoms with Crippen molar-refractivity contribution in [3.63, 3.8) is 0 Å². The Morgan fingerprint density at radius 2 is 1.86 bits per heavy atom. The van der Waals surface area contributed by atoms with Crippen LogP contribution in [0.2, 0.25) is 0 Å². The molecule has 1 saturated heterocycles. The number of amides is 2. The highest BCUT2D eigenvalue weighted by Gasteiger charge is 2.40. The predicted molar refractivity (Wildman–Crippen MR) is 75.7 cm³/mol. The van der Waals surface area contributed by atoms with Crippen molar-refractivity contribution >= 4 is 18.0 Å². The summed E-state index contributed by atoms with van der Waals surface area (Å²) in [6.07, 6.45) is 0. The van der Waals surface area contributed by atoms with Crippen LogP contribution in [-0.2, 0) is 14.3 Å². The van der Waals surface area contributed by atoms with Gasteiger partial charge in [-0.1, -0.05) is 27.7 Å². The molecule has 2 unspecified atom stereocenters. The molecular formula is C14H24N2O5. The van der Waals surface area contributed by atoms with E-state index in [0.29, 0.717) is 6.54 Å². The second-order valence-corrected chi connectivity index (χ2v) is 6.60. The lowest BCUT2D eigenvalue weighted by atomic mass is 9.87. The van der Waals surface area contributed by atoms with E-state index in [4.69, 9.17) is 4.74 Å². The van der Waals surface area contributed by atoms with Crippen LogP contribution in [0.3, 0.4) is 0 Å². The van der Waals surface area contributed by atoms with Crippen LogP contribution in [0.4, 0.5) is 4.79 Å². The summed E-state index contributed by atoms with van der Waals surface area (Å²) in [7, 11) is 1.32. The summed E-state index contributed by atoms with van der Waals surface area (Å²) in [5.74, 6) is -1.80. The fourth-order valence-corrected chi connectivity index (χ4v) is 2.45. The van der Waals surface area contributed by atoms with E-state index in [2.05, 4.69) is 5.32 Å². The Labute approximate surface area is 124 Å². The second kappa shape index (κ2) is 6.32. The first-order valence-corrected chi connectivity index (χ1v) is 6.94. The number of carbonyl (C=O) groups excluding carboxylic acids is 2. The van der Waals surface area contributed by atoms with Gasteiger partial charge in [-0.15, -0.1) is 0 Å². The Balaban J connectivity index is 2.73. The molecule has 0 saturated carbocycles. The Hall–Kier alpha value is -1.79. The third kappa shape index (κ3) is 4.09. The molecule has 21 heavy (non-hydrogen) atoms. The molecule has 0 spiro atoms. The highest BCUT2D eigenvalue weighted by molar-refractivity contribution is 5.84. The maximum Gasteiger partial charge on any atom is 0.326 e. The number of nitrogens with zero attached hydrogens (tertiary/aromatic N) is 1. The van der Waals surface area contributed by atoms with Crippen LogP contribution in [0.5, 0.6) is 0 Å². The standard InChI is InChI=1S/C14H24N2O5/c1-8-6-16(7-9(8)12(19)21-5)13(20)15-10(11(17)18)14(2,3)4/h8-10H,6-7H2,1-5H3,(H,15,20)(H,17,18)/t8?,9?,10-/m1/s1. The zero-order chi connectivity index (χ0) is 16.4. The molecule has 0 radical (unpaired) electrons. The predicted octanol–water partition coefficient (Wildman–Crippen LogP) is 0.936. The van der Waals surface area contributed by atoms with Crippen molar-refractivity contribution in [1.82, 2.24) is 10.2 Å². The minimum absolute atomic E-state index is 0.0129. The third-order valence-electron chi connectivity index (χ3n) is 3.78. The Morgan fingerprint density at radius 1 is 1.29 bits per heavy atom. The van der Waals surface area contributed by atoms with Gasteiger partial charge in [0.05, 0.1) is 13.0 Å². The van der Waals surface area contributed by atoms with Gasteiger partial charge in [-0.05, 0) is 11.3 Å². The molecular weight excluding hydrogens is 276 g/mol. The van der Waals surface area contributed by atoms with Crippen molar-refractivity contribution in [2.45, 2.75) is 33.7 Å². The molecule has 2 amide bonds. The SMILES string of the molecule is COC(=O)C1CN(C(=O)N[C@H](C(=O)O)C(C)(C)C)CC1C. The minimum atomic E-state index is -1.08. The van der Waals surface area contributed by atoms with Gasteiger partial charge in [0.2, 0.25) is 0 Å². The number of carboxylic acid groups (broad SMARTS) is 1. The van der Waals surface area contributed by atoms with E-state index in [0.717, 1.165) is 0 Å². The fraction of sp³-hybridized carbons (Fsp3) is 0.786. The van der Waals surface area contributed by atoms with Gasteiger partial charge in [0.15, 0.2) is 0 Å². The number of carbonyl (C=O) groups is 3. The Kier molecular flexibility index (Phi) is 5.20. The van der Waals surface area contributed by atoms with Gasteiger partial charge in [-0.3, -0.25) is 4.79 Å². The molecule has 7 heteroatoms. The molecule has 0 aromatic rings. The van der Waals surface area contributed by atoms with E-state index in [1.807, 2.05) is 6.92 Å². The monoisotopic (exact) mass is 300 g/mol. The normalized spacial score (nSPS) is 23.6. The summed E-state index contributed by atoms with van der Waals surface area (Å²) in [6.45, 7) is 7.76. The average Bonchev–Trinajstić information content (AvgIpc) is 2.75. The van der Waals surface area contributed by atoms with Crippen LogP contribution >= 0.6 is 0 Å². The third-order valence-corrected chi connectivity index (χ3v) is 3.78. The first-order valence-electron chi connectivity index (χ1n) is 6.94. The summed E-state index contributed by atoms with van der Waals surface area (Å²) < 4.78 is 4.71. The molecule has 1 aliphatic rings. The van der Waals surface area contributed by atoms with Crippen LogP contribution in [-0.4, -0.2) is 54.2 Å². The quantitative estimate of drug-likeness (QED) is 0.756. The van der Waals surface area contributed by atoms with Gasteiger partial charge in [0.25, 0.3) is 0 Å². The molecule has 1 aliphatic heterocycles. The van der Waals surface area contributed by atoms with Gasteiger partial charge in [0.1, 0.15) is 6.04 Å². The number of esters is 1. The van der Waals surface area contributed by atoms with Crippen LogP contribution in [0, 0.1) is 17.3 Å². The lowest BCUT2D eigenvalue weighted by Crippen LogP contribution is -2.53. The van der Waals surface area contributed by atoms with Crippen LogP contribution < -0.4 is 5.32 Å². The molecule has 0 bridgehead atoms. The van der Waals surface area contributed by atoms with Gasteiger partial charge >= 0.3 is 18.0 Å². The lowest BCUT2D eigenvalue weighted by molar-refractivity contribution is -0.146. The van der Waals surface area contributed by atoms with Gasteiger partial charge in [-0.2, -0.15) is 0 Å². The van der Waals surface area contributed by atoms with Crippen molar-refractivity contribution in [2.75, 3.05) is 20.2 Å². The molecule has 1 fully saturated rings. The second-order valence-electron chi connectivity index (χ2n) is 6.60. The first kappa shape index (κ1) is 17.3. The average molecular weight is 300 g/mol. The van der Waals surface area contributed by atoms with Crippen LogP contribution in [0.1, 0.15) is 27.7 Å². The maximum absolute atomic E-state index is 12.2. The van der Waals surface area contributed by atoms with Crippen LogP contribution in [0.15, 0.2) is 0 Å². The fourth-order valence-electron chi connectivity index (χ4n) is 2.45. The van der Waals surface area contributed by atoms with E-state index < -0.39 is 23.5 Å². The van der Waals surface area contributed by atoms with E-state index in [1.54, 1.807) is 20.8 Å². The number of hydrogen-bond acceptors (Lipinski definition) is 4. The van der Waals surface area contributed by atoms with Gasteiger partial charge in [-0.25, -0.2) is 9.59 Å². The largest absolute Gasteiger partial charge is 0.480 e. The molecule has 0 aliphatic carbocycles. The smallest absolute Gasteiger partial charge is 0.326 e. The number of nitrogens with one attached hydrogen (secondary N) is 1. The number of rotatable bonds is 3. The lowest BCUT2D eigenvalue weighted by Gasteiger charge is -2.29. The Morgan fingerprint density at radius 3 is 2.29 bits per heavy atom. The molecule has 0 aromatic carbocycles. The number of ether oxygens (including phenoxy) is 1. The molecule has 120 valence electrons. The van der Waals surface area contributed by atoms with E-state index >= 15 is 0 Å². The molecule has 3 atom stereocenters.